The summed E-state index contributed by atoms with van der Waals surface area (Å²) in [6.07, 6.45) is 1.52. The molecule has 0 radical (unpaired) electrons. The Kier molecular flexibility index (Phi) is 5.83. The Bertz CT molecular complexity index is 531. The number of hydrogen-bond donors (Lipinski definition) is 1. The number of rotatable bonds is 4. The van der Waals surface area contributed by atoms with E-state index in [9.17, 15) is 14.9 Å². The average molecular weight is 320 g/mol. The maximum Gasteiger partial charge on any atom is 0.263 e. The Labute approximate surface area is 124 Å². The van der Waals surface area contributed by atoms with Crippen LogP contribution < -0.4 is 5.43 Å². The predicted molar refractivity (Wildman–Crippen MR) is 76.0 cm³/mol. The van der Waals surface area contributed by atoms with E-state index in [1.54, 1.807) is 13.8 Å². The van der Waals surface area contributed by atoms with Gasteiger partial charge in [0.2, 0.25) is 5.91 Å². The van der Waals surface area contributed by atoms with Gasteiger partial charge in [0.15, 0.2) is 9.50 Å². The van der Waals surface area contributed by atoms with E-state index in [0.29, 0.717) is 9.34 Å². The fourth-order valence-corrected chi connectivity index (χ4v) is 2.36. The van der Waals surface area contributed by atoms with Crippen LogP contribution in [0.25, 0.3) is 0 Å². The van der Waals surface area contributed by atoms with Crippen LogP contribution in [-0.2, 0) is 11.3 Å². The van der Waals surface area contributed by atoms with Crippen molar-refractivity contribution in [1.29, 1.82) is 0 Å². The van der Waals surface area contributed by atoms with Crippen LogP contribution in [-0.4, -0.2) is 33.8 Å². The molecule has 0 aliphatic heterocycles. The van der Waals surface area contributed by atoms with Gasteiger partial charge in [0, 0.05) is 24.0 Å². The summed E-state index contributed by atoms with van der Waals surface area (Å²) in [5.41, 5.74) is 1.92. The summed E-state index contributed by atoms with van der Waals surface area (Å²) in [5, 5.41) is 9.81. The number of carbonyl (C=O) groups is 1. The van der Waals surface area contributed by atoms with Crippen molar-refractivity contribution >= 4 is 34.8 Å². The molecule has 0 saturated carbocycles. The molecule has 0 saturated heterocycles. The fourth-order valence-electron chi connectivity index (χ4n) is 1.39. The van der Waals surface area contributed by atoms with Gasteiger partial charge in [-0.2, -0.15) is 0 Å². The molecule has 110 valence electrons. The van der Waals surface area contributed by atoms with Gasteiger partial charge in [-0.25, -0.2) is 15.1 Å². The predicted octanol–water partition coefficient (Wildman–Crippen LogP) is 1.55. The second-order valence-electron chi connectivity index (χ2n) is 4.07. The van der Waals surface area contributed by atoms with E-state index in [1.807, 2.05) is 5.43 Å². The molecule has 1 N–H and O–H groups in total. The number of hydrogen-bond acceptors (Lipinski definition) is 6. The molecule has 0 bridgehead atoms. The Morgan fingerprint density at radius 3 is 2.75 bits per heavy atom. The zero-order valence-electron chi connectivity index (χ0n) is 11.2. The monoisotopic (exact) mass is 319 g/mol. The first-order valence-corrected chi connectivity index (χ1v) is 6.84. The molecule has 8 nitrogen and oxygen atoms in total. The summed E-state index contributed by atoms with van der Waals surface area (Å²) in [4.78, 5) is 32.3. The molecule has 1 aromatic heterocycles. The molecule has 0 aromatic carbocycles. The third-order valence-electron chi connectivity index (χ3n) is 2.26. The van der Waals surface area contributed by atoms with Crippen molar-refractivity contribution in [3.8, 4) is 0 Å². The number of carbonyl (C=O) groups excluding carboxylic acids is 1. The molecule has 0 aliphatic rings. The van der Waals surface area contributed by atoms with Crippen LogP contribution in [0.3, 0.4) is 0 Å². The van der Waals surface area contributed by atoms with Gasteiger partial charge in [0.1, 0.15) is 0 Å². The lowest BCUT2D eigenvalue weighted by atomic mass is 10.2. The molecule has 0 spiro atoms. The normalized spacial score (nSPS) is 11.6. The SMILES string of the molecule is CN=C(N[N+](=O)[O-])N(Cc1cnc(Cl)s1)C(=O)C(C)C. The highest BCUT2D eigenvalue weighted by molar-refractivity contribution is 7.15. The van der Waals surface area contributed by atoms with Crippen molar-refractivity contribution < 1.29 is 9.83 Å². The molecule has 0 aliphatic carbocycles. The molecular weight excluding hydrogens is 306 g/mol. The summed E-state index contributed by atoms with van der Waals surface area (Å²) in [7, 11) is 1.37. The Morgan fingerprint density at radius 2 is 2.35 bits per heavy atom. The highest BCUT2D eigenvalue weighted by Crippen LogP contribution is 2.20. The maximum atomic E-state index is 12.2. The van der Waals surface area contributed by atoms with E-state index in [0.717, 1.165) is 0 Å². The third-order valence-corrected chi connectivity index (χ3v) is 3.36. The van der Waals surface area contributed by atoms with Gasteiger partial charge < -0.3 is 0 Å². The number of thiazole rings is 1. The quantitative estimate of drug-likeness (QED) is 0.393. The van der Waals surface area contributed by atoms with Crippen LogP contribution in [0, 0.1) is 16.0 Å². The van der Waals surface area contributed by atoms with Crippen molar-refractivity contribution in [3.05, 3.63) is 25.7 Å². The van der Waals surface area contributed by atoms with Gasteiger partial charge in [-0.15, -0.1) is 11.3 Å². The number of hydrazine groups is 1. The minimum Gasteiger partial charge on any atom is -0.274 e. The molecule has 20 heavy (non-hydrogen) atoms. The molecule has 0 atom stereocenters. The standard InChI is InChI=1S/C10H14ClN5O3S/c1-6(2)8(17)15(10(12-3)14-16(18)19)5-7-4-13-9(11)20-7/h4,6H,5H2,1-3H3,(H,12,14). The first-order valence-electron chi connectivity index (χ1n) is 5.64. The number of nitro groups is 1. The average Bonchev–Trinajstić information content (AvgIpc) is 2.77. The van der Waals surface area contributed by atoms with Gasteiger partial charge >= 0.3 is 0 Å². The summed E-state index contributed by atoms with van der Waals surface area (Å²) in [5.74, 6) is -0.744. The van der Waals surface area contributed by atoms with Gasteiger partial charge in [-0.3, -0.25) is 14.7 Å². The first kappa shape index (κ1) is 16.3. The maximum absolute atomic E-state index is 12.2. The highest BCUT2D eigenvalue weighted by atomic mass is 35.5. The molecule has 0 unspecified atom stereocenters. The van der Waals surface area contributed by atoms with Gasteiger partial charge in [0.25, 0.3) is 5.96 Å². The number of aliphatic imine (C=N–C) groups is 1. The van der Waals surface area contributed by atoms with Crippen LogP contribution in [0.5, 0.6) is 0 Å². The van der Waals surface area contributed by atoms with Crippen LogP contribution in [0.15, 0.2) is 11.2 Å². The van der Waals surface area contributed by atoms with Crippen LogP contribution >= 0.6 is 22.9 Å². The van der Waals surface area contributed by atoms with Crippen molar-refractivity contribution in [3.63, 3.8) is 0 Å². The molecule has 0 fully saturated rings. The molecular formula is C10H14ClN5O3S. The summed E-state index contributed by atoms with van der Waals surface area (Å²) < 4.78 is 0.342. The second-order valence-corrected chi connectivity index (χ2v) is 5.77. The number of amides is 1. The summed E-state index contributed by atoms with van der Waals surface area (Å²) in [6, 6.07) is 0. The van der Waals surface area contributed by atoms with Crippen LogP contribution in [0.1, 0.15) is 18.7 Å². The Hall–Kier alpha value is -1.74. The zero-order valence-corrected chi connectivity index (χ0v) is 12.7. The van der Waals surface area contributed by atoms with E-state index in [1.165, 1.54) is 29.5 Å². The van der Waals surface area contributed by atoms with Crippen molar-refractivity contribution in [2.24, 2.45) is 10.9 Å². The molecule has 1 amide bonds. The summed E-state index contributed by atoms with van der Waals surface area (Å²) >= 11 is 6.93. The van der Waals surface area contributed by atoms with Crippen molar-refractivity contribution in [2.75, 3.05) is 7.05 Å². The van der Waals surface area contributed by atoms with Gasteiger partial charge in [0.05, 0.1) is 6.54 Å². The van der Waals surface area contributed by atoms with Crippen LogP contribution in [0.2, 0.25) is 4.47 Å². The number of aromatic nitrogens is 1. The van der Waals surface area contributed by atoms with Crippen molar-refractivity contribution in [2.45, 2.75) is 20.4 Å². The highest BCUT2D eigenvalue weighted by Gasteiger charge is 2.25. The Balaban J connectivity index is 3.01. The molecule has 1 rings (SSSR count). The van der Waals surface area contributed by atoms with Crippen molar-refractivity contribution in [1.82, 2.24) is 15.3 Å². The number of nitrogens with one attached hydrogen (secondary N) is 1. The van der Waals surface area contributed by atoms with E-state index in [4.69, 9.17) is 11.6 Å². The number of halogens is 1. The smallest absolute Gasteiger partial charge is 0.263 e. The number of guanidine groups is 1. The lowest BCUT2D eigenvalue weighted by Gasteiger charge is -2.22. The third kappa shape index (κ3) is 4.42. The molecule has 10 heteroatoms. The van der Waals surface area contributed by atoms with E-state index >= 15 is 0 Å². The van der Waals surface area contributed by atoms with E-state index in [-0.39, 0.29) is 24.3 Å². The topological polar surface area (TPSA) is 101 Å². The largest absolute Gasteiger partial charge is 0.274 e. The summed E-state index contributed by atoms with van der Waals surface area (Å²) in [6.45, 7) is 3.53. The fraction of sp³-hybridized carbons (Fsp3) is 0.500. The minimum absolute atomic E-state index is 0.120. The second kappa shape index (κ2) is 7.15. The molecule has 1 heterocycles. The zero-order chi connectivity index (χ0) is 15.3. The van der Waals surface area contributed by atoms with E-state index in [2.05, 4.69) is 9.98 Å². The Morgan fingerprint density at radius 1 is 1.70 bits per heavy atom. The van der Waals surface area contributed by atoms with E-state index < -0.39 is 5.03 Å². The molecule has 1 aromatic rings. The number of nitrogens with zero attached hydrogens (tertiary/aromatic N) is 4. The first-order chi connectivity index (χ1) is 9.35. The van der Waals surface area contributed by atoms with Gasteiger partial charge in [-0.05, 0) is 0 Å². The minimum atomic E-state index is -0.761. The van der Waals surface area contributed by atoms with Gasteiger partial charge in [-0.1, -0.05) is 30.9 Å². The lowest BCUT2D eigenvalue weighted by molar-refractivity contribution is -0.526. The lowest BCUT2D eigenvalue weighted by Crippen LogP contribution is -2.47. The van der Waals surface area contributed by atoms with Crippen LogP contribution in [0.4, 0.5) is 0 Å².